The van der Waals surface area contributed by atoms with Crippen LogP contribution >= 0.6 is 0 Å². The van der Waals surface area contributed by atoms with Crippen LogP contribution in [0.2, 0.25) is 0 Å². The fourth-order valence-corrected chi connectivity index (χ4v) is 2.50. The Hall–Kier alpha value is -2.76. The van der Waals surface area contributed by atoms with Crippen LogP contribution < -0.4 is 4.90 Å². The minimum absolute atomic E-state index is 0.255. The summed E-state index contributed by atoms with van der Waals surface area (Å²) in [4.78, 5) is 33.8. The number of fused-ring (bicyclic) bond motifs is 1. The van der Waals surface area contributed by atoms with E-state index in [-0.39, 0.29) is 11.9 Å². The molecule has 1 aliphatic heterocycles. The molecule has 21 heavy (non-hydrogen) atoms. The summed E-state index contributed by atoms with van der Waals surface area (Å²) in [5, 5.41) is 0. The number of hydrogen-bond donors (Lipinski definition) is 0. The fraction of sp³-hybridized carbons (Fsp3) is 0.200. The number of esters is 1. The molecule has 2 heterocycles. The second-order valence-corrected chi connectivity index (χ2v) is 4.83. The van der Waals surface area contributed by atoms with Crippen LogP contribution in [0.15, 0.2) is 42.7 Å². The first-order valence-corrected chi connectivity index (χ1v) is 6.44. The first-order chi connectivity index (χ1) is 10.0. The van der Waals surface area contributed by atoms with Crippen molar-refractivity contribution in [3.63, 3.8) is 0 Å². The third-order valence-corrected chi connectivity index (χ3v) is 3.37. The molecule has 0 spiro atoms. The van der Waals surface area contributed by atoms with Gasteiger partial charge in [0.25, 0.3) is 5.91 Å². The maximum atomic E-state index is 12.8. The highest BCUT2D eigenvalue weighted by molar-refractivity contribution is 6.11. The van der Waals surface area contributed by atoms with E-state index < -0.39 is 11.6 Å². The van der Waals surface area contributed by atoms with Gasteiger partial charge >= 0.3 is 5.97 Å². The zero-order valence-corrected chi connectivity index (χ0v) is 11.6. The number of rotatable bonds is 2. The van der Waals surface area contributed by atoms with Crippen molar-refractivity contribution in [2.75, 3.05) is 4.90 Å². The quantitative estimate of drug-likeness (QED) is 0.787. The molecule has 0 saturated heterocycles. The minimum atomic E-state index is -1.36. The maximum absolute atomic E-state index is 12.8. The van der Waals surface area contributed by atoms with Crippen molar-refractivity contribution in [2.24, 2.45) is 0 Å². The zero-order valence-electron chi connectivity index (χ0n) is 11.6. The van der Waals surface area contributed by atoms with Crippen LogP contribution in [-0.2, 0) is 19.9 Å². The molecule has 0 radical (unpaired) electrons. The first-order valence-electron chi connectivity index (χ1n) is 6.44. The summed E-state index contributed by atoms with van der Waals surface area (Å²) in [7, 11) is 0. The van der Waals surface area contributed by atoms with E-state index in [2.05, 4.69) is 9.97 Å². The summed E-state index contributed by atoms with van der Waals surface area (Å²) in [6.45, 7) is 2.86. The van der Waals surface area contributed by atoms with Crippen molar-refractivity contribution in [1.82, 2.24) is 9.97 Å². The lowest BCUT2D eigenvalue weighted by molar-refractivity contribution is -0.163. The first kappa shape index (κ1) is 13.2. The predicted molar refractivity (Wildman–Crippen MR) is 74.7 cm³/mol. The van der Waals surface area contributed by atoms with Crippen LogP contribution in [0.5, 0.6) is 0 Å². The van der Waals surface area contributed by atoms with Gasteiger partial charge in [0.1, 0.15) is 0 Å². The Labute approximate surface area is 121 Å². The van der Waals surface area contributed by atoms with E-state index in [0.717, 1.165) is 0 Å². The molecule has 1 aromatic heterocycles. The zero-order chi connectivity index (χ0) is 15.0. The lowest BCUT2D eigenvalue weighted by Gasteiger charge is -2.23. The average Bonchev–Trinajstić information content (AvgIpc) is 2.68. The summed E-state index contributed by atoms with van der Waals surface area (Å²) >= 11 is 0. The molecule has 6 nitrogen and oxygen atoms in total. The average molecular weight is 283 g/mol. The number of carbonyl (C=O) groups is 2. The summed E-state index contributed by atoms with van der Waals surface area (Å²) in [6.07, 6.45) is 3.11. The van der Waals surface area contributed by atoms with E-state index in [1.165, 1.54) is 11.8 Å². The monoisotopic (exact) mass is 283 g/mol. The number of carbonyl (C=O) groups excluding carboxylic acids is 2. The molecule has 0 saturated carbocycles. The fourth-order valence-electron chi connectivity index (χ4n) is 2.50. The molecule has 1 aromatic carbocycles. The van der Waals surface area contributed by atoms with Crippen molar-refractivity contribution in [2.45, 2.75) is 19.4 Å². The van der Waals surface area contributed by atoms with Gasteiger partial charge in [-0.25, -0.2) is 14.9 Å². The van der Waals surface area contributed by atoms with Crippen molar-refractivity contribution < 1.29 is 14.3 Å². The van der Waals surface area contributed by atoms with Gasteiger partial charge in [0, 0.05) is 24.9 Å². The van der Waals surface area contributed by atoms with Crippen LogP contribution in [0.25, 0.3) is 0 Å². The highest BCUT2D eigenvalue weighted by Gasteiger charge is 2.51. The van der Waals surface area contributed by atoms with Crippen molar-refractivity contribution in [1.29, 1.82) is 0 Å². The Kier molecular flexibility index (Phi) is 2.94. The number of aromatic nitrogens is 2. The Morgan fingerprint density at radius 3 is 2.52 bits per heavy atom. The molecular weight excluding hydrogens is 270 g/mol. The highest BCUT2D eigenvalue weighted by atomic mass is 16.6. The molecule has 1 amide bonds. The summed E-state index contributed by atoms with van der Waals surface area (Å²) in [5.41, 5.74) is -0.114. The van der Waals surface area contributed by atoms with Crippen LogP contribution in [0.3, 0.4) is 0 Å². The van der Waals surface area contributed by atoms with Crippen molar-refractivity contribution >= 4 is 23.5 Å². The second kappa shape index (κ2) is 4.66. The van der Waals surface area contributed by atoms with Gasteiger partial charge in [-0.05, 0) is 19.1 Å². The third kappa shape index (κ3) is 1.96. The Balaban J connectivity index is 2.17. The molecule has 6 heteroatoms. The predicted octanol–water partition coefficient (Wildman–Crippen LogP) is 1.93. The van der Waals surface area contributed by atoms with Gasteiger partial charge in [-0.3, -0.25) is 9.59 Å². The van der Waals surface area contributed by atoms with E-state index >= 15 is 0 Å². The molecular formula is C15H13N3O3. The van der Waals surface area contributed by atoms with E-state index in [1.54, 1.807) is 43.6 Å². The van der Waals surface area contributed by atoms with Gasteiger partial charge < -0.3 is 4.74 Å². The SMILES string of the molecule is CC(=O)OC1(C)C(=O)N(c2ncccn2)c2ccccc21. The standard InChI is InChI=1S/C15H13N3O3/c1-10(19)21-15(2)11-6-3-4-7-12(11)18(13(15)20)14-16-8-5-9-17-14/h3-9H,1-2H3. The number of benzene rings is 1. The normalized spacial score (nSPS) is 20.3. The van der Waals surface area contributed by atoms with Gasteiger partial charge in [0.05, 0.1) is 5.69 Å². The van der Waals surface area contributed by atoms with Crippen molar-refractivity contribution in [3.05, 3.63) is 48.3 Å². The topological polar surface area (TPSA) is 72.4 Å². The molecule has 1 unspecified atom stereocenters. The molecule has 0 bridgehead atoms. The van der Waals surface area contributed by atoms with E-state index in [1.807, 2.05) is 6.07 Å². The molecule has 0 fully saturated rings. The lowest BCUT2D eigenvalue weighted by atomic mass is 9.97. The highest BCUT2D eigenvalue weighted by Crippen LogP contribution is 2.44. The Morgan fingerprint density at radius 1 is 1.19 bits per heavy atom. The Morgan fingerprint density at radius 2 is 1.86 bits per heavy atom. The van der Waals surface area contributed by atoms with E-state index in [0.29, 0.717) is 11.3 Å². The van der Waals surface area contributed by atoms with Gasteiger partial charge in [-0.1, -0.05) is 18.2 Å². The van der Waals surface area contributed by atoms with Gasteiger partial charge in [-0.2, -0.15) is 0 Å². The molecule has 0 aliphatic carbocycles. The molecule has 0 N–H and O–H groups in total. The van der Waals surface area contributed by atoms with E-state index in [9.17, 15) is 9.59 Å². The van der Waals surface area contributed by atoms with Gasteiger partial charge in [-0.15, -0.1) is 0 Å². The van der Waals surface area contributed by atoms with Crippen LogP contribution in [0.4, 0.5) is 11.6 Å². The van der Waals surface area contributed by atoms with Gasteiger partial charge in [0.2, 0.25) is 11.5 Å². The summed E-state index contributed by atoms with van der Waals surface area (Å²) < 4.78 is 5.30. The van der Waals surface area contributed by atoms with Crippen LogP contribution in [-0.4, -0.2) is 21.8 Å². The number of nitrogens with zero attached hydrogens (tertiary/aromatic N) is 3. The third-order valence-electron chi connectivity index (χ3n) is 3.37. The number of anilines is 2. The lowest BCUT2D eigenvalue weighted by Crippen LogP contribution is -2.39. The molecule has 3 rings (SSSR count). The van der Waals surface area contributed by atoms with Crippen molar-refractivity contribution in [3.8, 4) is 0 Å². The number of hydrogen-bond acceptors (Lipinski definition) is 5. The molecule has 2 aromatic rings. The maximum Gasteiger partial charge on any atom is 0.304 e. The smallest absolute Gasteiger partial charge is 0.304 e. The van der Waals surface area contributed by atoms with E-state index in [4.69, 9.17) is 4.74 Å². The largest absolute Gasteiger partial charge is 0.444 e. The summed E-state index contributed by atoms with van der Waals surface area (Å²) in [5.74, 6) is -0.646. The summed E-state index contributed by atoms with van der Waals surface area (Å²) in [6, 6.07) is 8.81. The second-order valence-electron chi connectivity index (χ2n) is 4.83. The minimum Gasteiger partial charge on any atom is -0.444 e. The van der Waals surface area contributed by atoms with Crippen LogP contribution in [0, 0.1) is 0 Å². The number of para-hydroxylation sites is 1. The number of amides is 1. The Bertz CT molecular complexity index is 717. The molecule has 1 aliphatic rings. The molecule has 106 valence electrons. The van der Waals surface area contributed by atoms with Gasteiger partial charge in [0.15, 0.2) is 0 Å². The number of ether oxygens (including phenoxy) is 1. The van der Waals surface area contributed by atoms with Crippen LogP contribution in [0.1, 0.15) is 19.4 Å². The molecule has 1 atom stereocenters.